The zero-order valence-corrected chi connectivity index (χ0v) is 10.7. The van der Waals surface area contributed by atoms with Gasteiger partial charge >= 0.3 is 0 Å². The summed E-state index contributed by atoms with van der Waals surface area (Å²) in [7, 11) is 0. The van der Waals surface area contributed by atoms with Crippen molar-refractivity contribution in [1.82, 2.24) is 0 Å². The van der Waals surface area contributed by atoms with Crippen molar-refractivity contribution in [2.75, 3.05) is 0 Å². The average molecular weight is 217 g/mol. The van der Waals surface area contributed by atoms with Crippen molar-refractivity contribution in [3.05, 3.63) is 35.4 Å². The molecule has 0 radical (unpaired) electrons. The zero-order valence-electron chi connectivity index (χ0n) is 10.7. The van der Waals surface area contributed by atoms with Crippen LogP contribution in [0.4, 0.5) is 0 Å². The molecule has 16 heavy (non-hydrogen) atoms. The number of nitrogens with two attached hydrogens (primary N) is 1. The van der Waals surface area contributed by atoms with Gasteiger partial charge in [-0.25, -0.2) is 0 Å². The van der Waals surface area contributed by atoms with Gasteiger partial charge in [0.25, 0.3) is 0 Å². The van der Waals surface area contributed by atoms with Gasteiger partial charge in [-0.05, 0) is 42.2 Å². The summed E-state index contributed by atoms with van der Waals surface area (Å²) in [6.07, 6.45) is 4.72. The Hall–Kier alpha value is -0.820. The lowest BCUT2D eigenvalue weighted by molar-refractivity contribution is 0.247. The molecule has 0 spiro atoms. The van der Waals surface area contributed by atoms with Crippen molar-refractivity contribution in [3.63, 3.8) is 0 Å². The van der Waals surface area contributed by atoms with Gasteiger partial charge in [0, 0.05) is 5.54 Å². The maximum atomic E-state index is 6.26. The van der Waals surface area contributed by atoms with E-state index >= 15 is 0 Å². The van der Waals surface area contributed by atoms with Gasteiger partial charge in [0.15, 0.2) is 0 Å². The van der Waals surface area contributed by atoms with Gasteiger partial charge in [0.2, 0.25) is 0 Å². The first-order valence-electron chi connectivity index (χ1n) is 6.27. The van der Waals surface area contributed by atoms with E-state index in [-0.39, 0.29) is 11.0 Å². The zero-order chi connectivity index (χ0) is 11.8. The maximum absolute atomic E-state index is 6.26. The minimum absolute atomic E-state index is 0.100. The van der Waals surface area contributed by atoms with Crippen molar-refractivity contribution in [1.29, 1.82) is 0 Å². The molecule has 0 unspecified atom stereocenters. The summed E-state index contributed by atoms with van der Waals surface area (Å²) < 4.78 is 0. The number of hydrogen-bond acceptors (Lipinski definition) is 1. The van der Waals surface area contributed by atoms with E-state index in [1.165, 1.54) is 30.4 Å². The fourth-order valence-corrected chi connectivity index (χ4v) is 2.34. The van der Waals surface area contributed by atoms with E-state index in [0.717, 1.165) is 6.42 Å². The molecule has 0 amide bonds. The predicted octanol–water partition coefficient (Wildman–Crippen LogP) is 3.41. The molecule has 0 saturated heterocycles. The summed E-state index contributed by atoms with van der Waals surface area (Å²) in [6, 6.07) is 8.98. The third-order valence-electron chi connectivity index (χ3n) is 3.73. The second-order valence-corrected chi connectivity index (χ2v) is 6.34. The highest BCUT2D eigenvalue weighted by atomic mass is 14.8. The molecule has 2 rings (SSSR count). The fourth-order valence-electron chi connectivity index (χ4n) is 2.34. The molecule has 1 aliphatic rings. The molecule has 1 aromatic carbocycles. The molecule has 2 N–H and O–H groups in total. The van der Waals surface area contributed by atoms with Gasteiger partial charge in [0.1, 0.15) is 0 Å². The second-order valence-electron chi connectivity index (χ2n) is 6.34. The number of rotatable bonds is 2. The van der Waals surface area contributed by atoms with E-state index in [1.54, 1.807) is 0 Å². The summed E-state index contributed by atoms with van der Waals surface area (Å²) in [4.78, 5) is 0. The van der Waals surface area contributed by atoms with Crippen LogP contribution in [-0.2, 0) is 11.8 Å². The molecule has 0 heterocycles. The van der Waals surface area contributed by atoms with Crippen molar-refractivity contribution < 1.29 is 0 Å². The molecule has 1 aromatic rings. The highest BCUT2D eigenvalue weighted by Gasteiger charge is 2.32. The van der Waals surface area contributed by atoms with Gasteiger partial charge in [0.05, 0.1) is 0 Å². The Balaban J connectivity index is 2.08. The summed E-state index contributed by atoms with van der Waals surface area (Å²) >= 11 is 0. The van der Waals surface area contributed by atoms with Crippen molar-refractivity contribution in [2.45, 2.75) is 57.4 Å². The highest BCUT2D eigenvalue weighted by molar-refractivity contribution is 5.28. The van der Waals surface area contributed by atoms with Crippen LogP contribution in [0.2, 0.25) is 0 Å². The van der Waals surface area contributed by atoms with E-state index in [0.29, 0.717) is 0 Å². The molecule has 0 bridgehead atoms. The van der Waals surface area contributed by atoms with E-state index in [4.69, 9.17) is 5.73 Å². The third kappa shape index (κ3) is 2.46. The SMILES string of the molecule is CC(C)(C)c1ccc(CC2(N)CCC2)cc1. The normalized spacial score (nSPS) is 19.2. The van der Waals surface area contributed by atoms with Crippen LogP contribution in [0, 0.1) is 0 Å². The summed E-state index contributed by atoms with van der Waals surface area (Å²) in [5.74, 6) is 0. The Morgan fingerprint density at radius 1 is 1.12 bits per heavy atom. The standard InChI is InChI=1S/C15H23N/c1-14(2,3)13-7-5-12(6-8-13)11-15(16)9-4-10-15/h5-8H,4,9-11,16H2,1-3H3. The summed E-state index contributed by atoms with van der Waals surface area (Å²) in [5, 5.41) is 0. The molecule has 0 aromatic heterocycles. The molecule has 88 valence electrons. The van der Waals surface area contributed by atoms with E-state index in [9.17, 15) is 0 Å². The van der Waals surface area contributed by atoms with E-state index < -0.39 is 0 Å². The Morgan fingerprint density at radius 2 is 1.69 bits per heavy atom. The summed E-state index contributed by atoms with van der Waals surface area (Å²) in [5.41, 5.74) is 9.39. The minimum Gasteiger partial charge on any atom is -0.325 e. The lowest BCUT2D eigenvalue weighted by Crippen LogP contribution is -2.48. The Labute approximate surface area is 99.0 Å². The molecule has 1 nitrogen and oxygen atoms in total. The Kier molecular flexibility index (Phi) is 2.83. The van der Waals surface area contributed by atoms with Crippen LogP contribution in [0.5, 0.6) is 0 Å². The van der Waals surface area contributed by atoms with Crippen LogP contribution >= 0.6 is 0 Å². The van der Waals surface area contributed by atoms with Crippen LogP contribution in [0.1, 0.15) is 51.2 Å². The van der Waals surface area contributed by atoms with Gasteiger partial charge in [-0.15, -0.1) is 0 Å². The third-order valence-corrected chi connectivity index (χ3v) is 3.73. The van der Waals surface area contributed by atoms with Crippen molar-refractivity contribution >= 4 is 0 Å². The average Bonchev–Trinajstić information content (AvgIpc) is 2.15. The maximum Gasteiger partial charge on any atom is 0.0195 e. The first-order chi connectivity index (χ1) is 7.39. The molecule has 0 atom stereocenters. The highest BCUT2D eigenvalue weighted by Crippen LogP contribution is 2.32. The molecular weight excluding hydrogens is 194 g/mol. The van der Waals surface area contributed by atoms with Crippen LogP contribution in [0.3, 0.4) is 0 Å². The molecule has 1 saturated carbocycles. The minimum atomic E-state index is 0.100. The topological polar surface area (TPSA) is 26.0 Å². The molecule has 1 heteroatoms. The first kappa shape index (κ1) is 11.7. The van der Waals surface area contributed by atoms with Gasteiger partial charge in [-0.2, -0.15) is 0 Å². The molecule has 0 aliphatic heterocycles. The molecular formula is C15H23N. The van der Waals surface area contributed by atoms with Gasteiger partial charge in [-0.1, -0.05) is 45.0 Å². The molecule has 1 fully saturated rings. The summed E-state index contributed by atoms with van der Waals surface area (Å²) in [6.45, 7) is 6.75. The lowest BCUT2D eigenvalue weighted by atomic mass is 9.73. The van der Waals surface area contributed by atoms with Crippen LogP contribution < -0.4 is 5.73 Å². The van der Waals surface area contributed by atoms with Crippen LogP contribution in [-0.4, -0.2) is 5.54 Å². The quantitative estimate of drug-likeness (QED) is 0.807. The number of hydrogen-bond donors (Lipinski definition) is 1. The van der Waals surface area contributed by atoms with Crippen LogP contribution in [0.15, 0.2) is 24.3 Å². The lowest BCUT2D eigenvalue weighted by Gasteiger charge is -2.38. The van der Waals surface area contributed by atoms with Crippen molar-refractivity contribution in [2.24, 2.45) is 5.73 Å². The monoisotopic (exact) mass is 217 g/mol. The van der Waals surface area contributed by atoms with Gasteiger partial charge < -0.3 is 5.73 Å². The largest absolute Gasteiger partial charge is 0.325 e. The Morgan fingerprint density at radius 3 is 2.06 bits per heavy atom. The predicted molar refractivity (Wildman–Crippen MR) is 69.6 cm³/mol. The van der Waals surface area contributed by atoms with Crippen LogP contribution in [0.25, 0.3) is 0 Å². The number of benzene rings is 1. The van der Waals surface area contributed by atoms with Gasteiger partial charge in [-0.3, -0.25) is 0 Å². The van der Waals surface area contributed by atoms with E-state index in [1.807, 2.05) is 0 Å². The van der Waals surface area contributed by atoms with E-state index in [2.05, 4.69) is 45.0 Å². The second kappa shape index (κ2) is 3.89. The van der Waals surface area contributed by atoms with Crippen molar-refractivity contribution in [3.8, 4) is 0 Å². The Bertz CT molecular complexity index is 352. The smallest absolute Gasteiger partial charge is 0.0195 e. The molecule has 1 aliphatic carbocycles. The first-order valence-corrected chi connectivity index (χ1v) is 6.27. The fraction of sp³-hybridized carbons (Fsp3) is 0.600.